The van der Waals surface area contributed by atoms with E-state index < -0.39 is 24.3 Å². The Labute approximate surface area is 211 Å². The summed E-state index contributed by atoms with van der Waals surface area (Å²) in [5.74, 6) is -4.55. The van der Waals surface area contributed by atoms with Gasteiger partial charge in [-0.05, 0) is 41.7 Å². The quantitative estimate of drug-likeness (QED) is 0.558. The van der Waals surface area contributed by atoms with Gasteiger partial charge in [0.05, 0.1) is 5.56 Å². The average molecular weight is 553 g/mol. The van der Waals surface area contributed by atoms with E-state index in [-0.39, 0.29) is 11.7 Å². The minimum atomic E-state index is -5.08. The maximum atomic E-state index is 13.0. The van der Waals surface area contributed by atoms with Gasteiger partial charge in [0.2, 0.25) is 0 Å². The summed E-state index contributed by atoms with van der Waals surface area (Å²) in [6.07, 6.45) is -6.85. The Kier molecular flexibility index (Phi) is 10.2. The van der Waals surface area contributed by atoms with Crippen molar-refractivity contribution in [2.24, 2.45) is 11.8 Å². The third-order valence-electron chi connectivity index (χ3n) is 5.56. The minimum Gasteiger partial charge on any atom is -0.475 e. The zero-order valence-electron chi connectivity index (χ0n) is 19.4. The number of alkyl halides is 6. The monoisotopic (exact) mass is 553 g/mol. The Morgan fingerprint density at radius 2 is 1.32 bits per heavy atom. The Morgan fingerprint density at radius 1 is 0.842 bits per heavy atom. The van der Waals surface area contributed by atoms with Crippen LogP contribution < -0.4 is 0 Å². The van der Waals surface area contributed by atoms with Gasteiger partial charge in [-0.1, -0.05) is 12.1 Å². The van der Waals surface area contributed by atoms with Crippen molar-refractivity contribution in [1.82, 2.24) is 14.8 Å². The van der Waals surface area contributed by atoms with Crippen LogP contribution in [0.5, 0.6) is 0 Å². The molecule has 2 aliphatic heterocycles. The van der Waals surface area contributed by atoms with E-state index in [1.54, 1.807) is 18.5 Å². The molecule has 4 rings (SSSR count). The number of carbonyl (C=O) groups is 3. The molecule has 38 heavy (non-hydrogen) atoms. The van der Waals surface area contributed by atoms with E-state index in [1.165, 1.54) is 12.1 Å². The molecule has 2 aromatic rings. The van der Waals surface area contributed by atoms with Gasteiger partial charge in [0.25, 0.3) is 5.91 Å². The van der Waals surface area contributed by atoms with E-state index in [1.807, 2.05) is 23.1 Å². The van der Waals surface area contributed by atoms with Crippen LogP contribution in [-0.2, 0) is 16.1 Å². The number of aliphatic carboxylic acids is 2. The molecule has 0 spiro atoms. The zero-order valence-corrected chi connectivity index (χ0v) is 19.4. The summed E-state index contributed by atoms with van der Waals surface area (Å²) in [6.45, 7) is 4.48. The first-order valence-corrected chi connectivity index (χ1v) is 10.8. The van der Waals surface area contributed by atoms with Crippen molar-refractivity contribution in [2.45, 2.75) is 18.9 Å². The van der Waals surface area contributed by atoms with Gasteiger partial charge in [-0.15, -0.1) is 0 Å². The van der Waals surface area contributed by atoms with Crippen LogP contribution in [0.2, 0.25) is 0 Å². The molecule has 15 heteroatoms. The van der Waals surface area contributed by atoms with E-state index >= 15 is 0 Å². The number of halogens is 7. The number of nitrogens with zero attached hydrogens (tertiary/aromatic N) is 3. The normalized spacial score (nSPS) is 19.0. The number of benzene rings is 1. The highest BCUT2D eigenvalue weighted by Gasteiger charge is 2.41. The number of carboxylic acids is 2. The molecule has 2 atom stereocenters. The van der Waals surface area contributed by atoms with Crippen molar-refractivity contribution >= 4 is 17.8 Å². The lowest BCUT2D eigenvalue weighted by molar-refractivity contribution is -0.193. The van der Waals surface area contributed by atoms with Crippen LogP contribution in [0.3, 0.4) is 0 Å². The van der Waals surface area contributed by atoms with Crippen LogP contribution in [0.4, 0.5) is 30.7 Å². The van der Waals surface area contributed by atoms with Gasteiger partial charge in [-0.2, -0.15) is 26.3 Å². The molecule has 2 fully saturated rings. The van der Waals surface area contributed by atoms with Crippen molar-refractivity contribution in [3.8, 4) is 0 Å². The lowest BCUT2D eigenvalue weighted by atomic mass is 10.0. The maximum Gasteiger partial charge on any atom is 0.490 e. The summed E-state index contributed by atoms with van der Waals surface area (Å²) in [5, 5.41) is 14.2. The topological polar surface area (TPSA) is 111 Å². The van der Waals surface area contributed by atoms with E-state index in [9.17, 15) is 35.5 Å². The van der Waals surface area contributed by atoms with Crippen LogP contribution in [0.25, 0.3) is 0 Å². The van der Waals surface area contributed by atoms with Crippen molar-refractivity contribution in [3.63, 3.8) is 0 Å². The Morgan fingerprint density at radius 3 is 1.71 bits per heavy atom. The molecule has 0 bridgehead atoms. The lowest BCUT2D eigenvalue weighted by Crippen LogP contribution is -2.33. The summed E-state index contributed by atoms with van der Waals surface area (Å²) in [6, 6.07) is 10.4. The Bertz CT molecular complexity index is 1060. The number of aromatic nitrogens is 1. The number of hydrogen-bond donors (Lipinski definition) is 2. The highest BCUT2D eigenvalue weighted by atomic mass is 19.4. The average Bonchev–Trinajstić information content (AvgIpc) is 3.39. The molecule has 2 aliphatic rings. The number of pyridine rings is 1. The summed E-state index contributed by atoms with van der Waals surface area (Å²) >= 11 is 0. The fraction of sp³-hybridized carbons (Fsp3) is 0.391. The Balaban J connectivity index is 0.000000301. The van der Waals surface area contributed by atoms with Crippen molar-refractivity contribution in [1.29, 1.82) is 0 Å². The zero-order chi connectivity index (χ0) is 28.7. The second-order valence-corrected chi connectivity index (χ2v) is 8.40. The van der Waals surface area contributed by atoms with Gasteiger partial charge >= 0.3 is 24.3 Å². The summed E-state index contributed by atoms with van der Waals surface area (Å²) < 4.78 is 76.5. The molecule has 0 saturated carbocycles. The number of hydrogen-bond acceptors (Lipinski definition) is 5. The first-order valence-electron chi connectivity index (χ1n) is 10.8. The molecule has 1 aromatic heterocycles. The number of carbonyl (C=O) groups excluding carboxylic acids is 1. The van der Waals surface area contributed by atoms with Crippen LogP contribution in [0.1, 0.15) is 15.9 Å². The van der Waals surface area contributed by atoms with E-state index in [2.05, 4.69) is 9.88 Å². The highest BCUT2D eigenvalue weighted by molar-refractivity contribution is 5.94. The molecule has 3 heterocycles. The summed E-state index contributed by atoms with van der Waals surface area (Å²) in [7, 11) is 0. The molecule has 8 nitrogen and oxygen atoms in total. The molecule has 1 aromatic carbocycles. The van der Waals surface area contributed by atoms with Gasteiger partial charge in [0.1, 0.15) is 5.82 Å². The third-order valence-corrected chi connectivity index (χ3v) is 5.56. The smallest absolute Gasteiger partial charge is 0.475 e. The van der Waals surface area contributed by atoms with Gasteiger partial charge in [-0.3, -0.25) is 14.7 Å². The van der Waals surface area contributed by atoms with Gasteiger partial charge < -0.3 is 15.1 Å². The molecule has 0 aliphatic carbocycles. The fourth-order valence-electron chi connectivity index (χ4n) is 3.91. The van der Waals surface area contributed by atoms with Crippen LogP contribution in [0.15, 0.2) is 48.8 Å². The molecule has 0 unspecified atom stereocenters. The van der Waals surface area contributed by atoms with Crippen molar-refractivity contribution in [3.05, 3.63) is 65.7 Å². The van der Waals surface area contributed by atoms with Gasteiger partial charge in [-0.25, -0.2) is 14.0 Å². The molecule has 2 saturated heterocycles. The van der Waals surface area contributed by atoms with Crippen LogP contribution in [-0.4, -0.2) is 81.4 Å². The second-order valence-electron chi connectivity index (χ2n) is 8.40. The maximum absolute atomic E-state index is 13.0. The van der Waals surface area contributed by atoms with Crippen LogP contribution >= 0.6 is 0 Å². The number of rotatable bonds is 3. The minimum absolute atomic E-state index is 0.0857. The van der Waals surface area contributed by atoms with Crippen molar-refractivity contribution in [2.75, 3.05) is 26.2 Å². The fourth-order valence-corrected chi connectivity index (χ4v) is 3.91. The first-order chi connectivity index (χ1) is 17.6. The predicted octanol–water partition coefficient (Wildman–Crippen LogP) is 3.69. The second kappa shape index (κ2) is 12.7. The molecule has 2 N–H and O–H groups in total. The van der Waals surface area contributed by atoms with Gasteiger partial charge in [0.15, 0.2) is 0 Å². The molecule has 0 radical (unpaired) electrons. The summed E-state index contributed by atoms with van der Waals surface area (Å²) in [5.41, 5.74) is 1.81. The van der Waals surface area contributed by atoms with Gasteiger partial charge in [0, 0.05) is 45.1 Å². The van der Waals surface area contributed by atoms with E-state index in [0.29, 0.717) is 17.4 Å². The number of fused-ring (bicyclic) bond motifs is 1. The molecular weight excluding hydrogens is 531 g/mol. The Hall–Kier alpha value is -3.75. The largest absolute Gasteiger partial charge is 0.490 e. The standard InChI is InChI=1S/C19H20FN3O.2C2HF3O2/c20-18-5-3-14(4-6-18)9-22-10-16-12-23(13-17(16)11-22)19(24)15-2-1-7-21-8-15;2*3-2(4,5)1(6)7/h1-8,16-17H,9-13H2;2*(H,6,7)/t16-,17+;;. The van der Waals surface area contributed by atoms with E-state index in [4.69, 9.17) is 19.8 Å². The van der Waals surface area contributed by atoms with Crippen molar-refractivity contribution < 1.29 is 55.3 Å². The highest BCUT2D eigenvalue weighted by Crippen LogP contribution is 2.32. The number of likely N-dealkylation sites (tertiary alicyclic amines) is 2. The molecule has 1 amide bonds. The molecule has 208 valence electrons. The van der Waals surface area contributed by atoms with Crippen LogP contribution in [0, 0.1) is 17.7 Å². The number of carboxylic acid groups (broad SMARTS) is 2. The van der Waals surface area contributed by atoms with E-state index in [0.717, 1.165) is 38.3 Å². The lowest BCUT2D eigenvalue weighted by Gasteiger charge is -2.21. The third kappa shape index (κ3) is 9.28. The number of amides is 1. The SMILES string of the molecule is O=C(O)C(F)(F)F.O=C(O)C(F)(F)F.O=C(c1cccnc1)N1C[C@H]2CN(Cc3ccc(F)cc3)C[C@H]2C1. The summed E-state index contributed by atoms with van der Waals surface area (Å²) in [4.78, 5) is 38.7. The molecular formula is C23H22F7N3O5. The predicted molar refractivity (Wildman–Crippen MR) is 116 cm³/mol. The first kappa shape index (κ1) is 30.5.